The summed E-state index contributed by atoms with van der Waals surface area (Å²) in [6, 6.07) is 6.48. The molecule has 0 saturated heterocycles. The Labute approximate surface area is 136 Å². The monoisotopic (exact) mass is 321 g/mol. The van der Waals surface area contributed by atoms with E-state index in [9.17, 15) is 9.18 Å². The zero-order valence-corrected chi connectivity index (χ0v) is 13.9. The molecule has 1 amide bonds. The van der Waals surface area contributed by atoms with E-state index in [1.807, 2.05) is 6.92 Å². The van der Waals surface area contributed by atoms with Crippen LogP contribution in [0.25, 0.3) is 0 Å². The van der Waals surface area contributed by atoms with Gasteiger partial charge in [-0.05, 0) is 56.7 Å². The summed E-state index contributed by atoms with van der Waals surface area (Å²) in [7, 11) is 0. The molecule has 22 heavy (non-hydrogen) atoms. The molecule has 0 aromatic heterocycles. The highest BCUT2D eigenvalue weighted by Gasteiger charge is 2.10. The molecule has 1 aliphatic carbocycles. The molecule has 0 aliphatic heterocycles. The molecule has 4 heteroatoms. The molecular formula is C18H24FNOS. The Bertz CT molecular complexity index is 512. The number of thioether (sulfide) groups is 1. The summed E-state index contributed by atoms with van der Waals surface area (Å²) < 4.78 is 12.9. The molecule has 1 aliphatic rings. The number of nitrogens with one attached hydrogen (secondary N) is 1. The molecule has 2 nitrogen and oxygen atoms in total. The molecule has 0 spiro atoms. The van der Waals surface area contributed by atoms with Crippen molar-refractivity contribution >= 4 is 17.7 Å². The van der Waals surface area contributed by atoms with E-state index >= 15 is 0 Å². The predicted molar refractivity (Wildman–Crippen MR) is 91.5 cm³/mol. The van der Waals surface area contributed by atoms with Crippen molar-refractivity contribution in [3.8, 4) is 0 Å². The van der Waals surface area contributed by atoms with Crippen LogP contribution in [0.3, 0.4) is 0 Å². The lowest BCUT2D eigenvalue weighted by Gasteiger charge is -2.14. The first-order chi connectivity index (χ1) is 10.6. The average molecular weight is 321 g/mol. The second-order valence-electron chi connectivity index (χ2n) is 5.71. The fourth-order valence-corrected chi connectivity index (χ4v) is 3.43. The maximum atomic E-state index is 12.9. The number of hydrogen-bond donors (Lipinski definition) is 1. The minimum atomic E-state index is -0.226. The highest BCUT2D eigenvalue weighted by Crippen LogP contribution is 2.27. The number of benzene rings is 1. The van der Waals surface area contributed by atoms with Gasteiger partial charge < -0.3 is 5.32 Å². The van der Waals surface area contributed by atoms with Crippen LogP contribution < -0.4 is 5.32 Å². The Morgan fingerprint density at radius 1 is 1.32 bits per heavy atom. The van der Waals surface area contributed by atoms with E-state index in [1.54, 1.807) is 23.9 Å². The number of carbonyl (C=O) groups excluding carboxylic acids is 1. The molecule has 0 radical (unpaired) electrons. The van der Waals surface area contributed by atoms with Crippen molar-refractivity contribution in [2.45, 2.75) is 44.3 Å². The first-order valence-electron chi connectivity index (χ1n) is 7.97. The molecule has 0 saturated carbocycles. The lowest BCUT2D eigenvalue weighted by molar-refractivity contribution is -0.118. The summed E-state index contributed by atoms with van der Waals surface area (Å²) in [6.45, 7) is 2.77. The van der Waals surface area contributed by atoms with E-state index in [2.05, 4.69) is 11.4 Å². The summed E-state index contributed by atoms with van der Waals surface area (Å²) in [4.78, 5) is 11.9. The third-order valence-corrected chi connectivity index (χ3v) is 5.16. The van der Waals surface area contributed by atoms with Gasteiger partial charge in [0.1, 0.15) is 5.82 Å². The SMILES string of the molecule is CC(SCC(=O)NCCC1=CCCCC1)c1ccc(F)cc1. The van der Waals surface area contributed by atoms with Gasteiger partial charge in [0, 0.05) is 11.8 Å². The standard InChI is InChI=1S/C18H24FNOS/c1-14(16-7-9-17(19)10-8-16)22-13-18(21)20-12-11-15-5-3-2-4-6-15/h5,7-10,14H,2-4,6,11-13H2,1H3,(H,20,21). The predicted octanol–water partition coefficient (Wildman–Crippen LogP) is 4.63. The second kappa shape index (κ2) is 8.99. The summed E-state index contributed by atoms with van der Waals surface area (Å²) >= 11 is 1.58. The third-order valence-electron chi connectivity index (χ3n) is 3.96. The maximum absolute atomic E-state index is 12.9. The summed E-state index contributed by atoms with van der Waals surface area (Å²) in [5, 5.41) is 3.17. The van der Waals surface area contributed by atoms with Crippen LogP contribution in [-0.4, -0.2) is 18.2 Å². The summed E-state index contributed by atoms with van der Waals surface area (Å²) in [6.07, 6.45) is 8.25. The van der Waals surface area contributed by atoms with Gasteiger partial charge >= 0.3 is 0 Å². The van der Waals surface area contributed by atoms with Crippen LogP contribution in [0.1, 0.15) is 49.8 Å². The lowest BCUT2D eigenvalue weighted by Crippen LogP contribution is -2.26. The Morgan fingerprint density at radius 2 is 2.09 bits per heavy atom. The van der Waals surface area contributed by atoms with Gasteiger partial charge in [-0.25, -0.2) is 4.39 Å². The Kier molecular flexibility index (Phi) is 6.97. The highest BCUT2D eigenvalue weighted by atomic mass is 32.2. The third kappa shape index (κ3) is 5.84. The minimum absolute atomic E-state index is 0.0790. The topological polar surface area (TPSA) is 29.1 Å². The largest absolute Gasteiger partial charge is 0.355 e. The van der Waals surface area contributed by atoms with Crippen molar-refractivity contribution in [2.75, 3.05) is 12.3 Å². The van der Waals surface area contributed by atoms with Gasteiger partial charge in [-0.3, -0.25) is 4.79 Å². The van der Waals surface area contributed by atoms with E-state index < -0.39 is 0 Å². The Hall–Kier alpha value is -1.29. The molecule has 1 aromatic rings. The number of hydrogen-bond acceptors (Lipinski definition) is 2. The molecule has 0 fully saturated rings. The van der Waals surface area contributed by atoms with Crippen LogP contribution in [0.15, 0.2) is 35.9 Å². The van der Waals surface area contributed by atoms with Gasteiger partial charge in [-0.1, -0.05) is 23.8 Å². The second-order valence-corrected chi connectivity index (χ2v) is 7.04. The zero-order chi connectivity index (χ0) is 15.8. The minimum Gasteiger partial charge on any atom is -0.355 e. The maximum Gasteiger partial charge on any atom is 0.230 e. The van der Waals surface area contributed by atoms with Gasteiger partial charge in [0.25, 0.3) is 0 Å². The average Bonchev–Trinajstić information content (AvgIpc) is 2.54. The van der Waals surface area contributed by atoms with Crippen molar-refractivity contribution < 1.29 is 9.18 Å². The zero-order valence-electron chi connectivity index (χ0n) is 13.1. The fraction of sp³-hybridized carbons (Fsp3) is 0.500. The van der Waals surface area contributed by atoms with Crippen LogP contribution in [0.4, 0.5) is 4.39 Å². The van der Waals surface area contributed by atoms with E-state index in [-0.39, 0.29) is 17.0 Å². The van der Waals surface area contributed by atoms with Gasteiger partial charge in [-0.2, -0.15) is 0 Å². The Balaban J connectivity index is 1.64. The van der Waals surface area contributed by atoms with Crippen LogP contribution >= 0.6 is 11.8 Å². The molecule has 0 bridgehead atoms. The van der Waals surface area contributed by atoms with E-state index in [0.29, 0.717) is 5.75 Å². The number of amides is 1. The van der Waals surface area contributed by atoms with Crippen molar-refractivity contribution in [3.05, 3.63) is 47.3 Å². The van der Waals surface area contributed by atoms with Crippen LogP contribution in [-0.2, 0) is 4.79 Å². The summed E-state index contributed by atoms with van der Waals surface area (Å²) in [5.41, 5.74) is 2.53. The van der Waals surface area contributed by atoms with Crippen molar-refractivity contribution in [1.82, 2.24) is 5.32 Å². The lowest BCUT2D eigenvalue weighted by atomic mass is 9.97. The van der Waals surface area contributed by atoms with Crippen molar-refractivity contribution in [3.63, 3.8) is 0 Å². The smallest absolute Gasteiger partial charge is 0.230 e. The fourth-order valence-electron chi connectivity index (χ4n) is 2.58. The molecule has 1 N–H and O–H groups in total. The van der Waals surface area contributed by atoms with Crippen LogP contribution in [0.5, 0.6) is 0 Å². The number of allylic oxidation sites excluding steroid dienone is 1. The molecule has 2 rings (SSSR count). The van der Waals surface area contributed by atoms with E-state index in [0.717, 1.165) is 18.5 Å². The molecule has 1 unspecified atom stereocenters. The number of carbonyl (C=O) groups is 1. The van der Waals surface area contributed by atoms with Crippen LogP contribution in [0.2, 0.25) is 0 Å². The van der Waals surface area contributed by atoms with Gasteiger partial charge in [0.05, 0.1) is 5.75 Å². The summed E-state index contributed by atoms with van der Waals surface area (Å²) in [5.74, 6) is 0.295. The van der Waals surface area contributed by atoms with Crippen molar-refractivity contribution in [2.24, 2.45) is 0 Å². The molecule has 1 atom stereocenters. The first kappa shape index (κ1) is 17.1. The highest BCUT2D eigenvalue weighted by molar-refractivity contribution is 8.00. The van der Waals surface area contributed by atoms with E-state index in [1.165, 1.54) is 43.4 Å². The first-order valence-corrected chi connectivity index (χ1v) is 9.01. The number of rotatable bonds is 7. The van der Waals surface area contributed by atoms with Gasteiger partial charge in [-0.15, -0.1) is 11.8 Å². The molecular weight excluding hydrogens is 297 g/mol. The van der Waals surface area contributed by atoms with Gasteiger partial charge in [0.15, 0.2) is 0 Å². The number of halogens is 1. The molecule has 120 valence electrons. The normalized spacial score (nSPS) is 16.0. The van der Waals surface area contributed by atoms with Gasteiger partial charge in [0.2, 0.25) is 5.91 Å². The quantitative estimate of drug-likeness (QED) is 0.742. The Morgan fingerprint density at radius 3 is 2.77 bits per heavy atom. The van der Waals surface area contributed by atoms with E-state index in [4.69, 9.17) is 0 Å². The van der Waals surface area contributed by atoms with Crippen molar-refractivity contribution in [1.29, 1.82) is 0 Å². The van der Waals surface area contributed by atoms with Crippen LogP contribution in [0, 0.1) is 5.82 Å². The molecule has 1 aromatic carbocycles. The molecule has 0 heterocycles.